The van der Waals surface area contributed by atoms with E-state index in [2.05, 4.69) is 16.0 Å². The fourth-order valence-corrected chi connectivity index (χ4v) is 3.05. The average Bonchev–Trinajstić information content (AvgIpc) is 2.75. The van der Waals surface area contributed by atoms with Gasteiger partial charge in [-0.2, -0.15) is 0 Å². The highest BCUT2D eigenvalue weighted by Crippen LogP contribution is 2.12. The lowest BCUT2D eigenvalue weighted by atomic mass is 10.0. The molecule has 0 aromatic heterocycles. The van der Waals surface area contributed by atoms with E-state index in [0.29, 0.717) is 5.56 Å². The largest absolute Gasteiger partial charge is 0.508 e. The predicted octanol–water partition coefficient (Wildman–Crippen LogP) is -1.69. The van der Waals surface area contributed by atoms with Crippen LogP contribution < -0.4 is 21.7 Å². The molecule has 0 fully saturated rings. The van der Waals surface area contributed by atoms with Gasteiger partial charge in [-0.1, -0.05) is 26.0 Å². The van der Waals surface area contributed by atoms with Crippen molar-refractivity contribution in [2.45, 2.75) is 63.9 Å². The highest BCUT2D eigenvalue weighted by molar-refractivity contribution is 5.95. The van der Waals surface area contributed by atoms with Crippen LogP contribution in [0.3, 0.4) is 0 Å². The molecule has 13 nitrogen and oxygen atoms in total. The molecule has 35 heavy (non-hydrogen) atoms. The van der Waals surface area contributed by atoms with E-state index < -0.39 is 72.3 Å². The number of rotatable bonds is 13. The van der Waals surface area contributed by atoms with E-state index >= 15 is 0 Å². The molecule has 5 unspecified atom stereocenters. The summed E-state index contributed by atoms with van der Waals surface area (Å²) in [5.74, 6) is -5.91. The third-order valence-electron chi connectivity index (χ3n) is 5.03. The van der Waals surface area contributed by atoms with E-state index in [1.807, 2.05) is 0 Å². The molecule has 5 atom stereocenters. The van der Waals surface area contributed by atoms with Crippen LogP contribution in [0, 0.1) is 5.92 Å². The second-order valence-electron chi connectivity index (χ2n) is 8.43. The first-order valence-electron chi connectivity index (χ1n) is 10.8. The zero-order chi connectivity index (χ0) is 26.9. The second-order valence-corrected chi connectivity index (χ2v) is 8.43. The van der Waals surface area contributed by atoms with Crippen molar-refractivity contribution in [2.24, 2.45) is 11.7 Å². The number of aliphatic hydroxyl groups excluding tert-OH is 1. The van der Waals surface area contributed by atoms with Crippen molar-refractivity contribution < 1.29 is 44.4 Å². The monoisotopic (exact) mass is 496 g/mol. The lowest BCUT2D eigenvalue weighted by Gasteiger charge is -2.28. The molecule has 13 heteroatoms. The zero-order valence-corrected chi connectivity index (χ0v) is 19.6. The Hall–Kier alpha value is -3.71. The molecule has 0 aliphatic heterocycles. The molecule has 1 aromatic carbocycles. The van der Waals surface area contributed by atoms with Gasteiger partial charge < -0.3 is 42.1 Å². The number of aliphatic hydroxyl groups is 1. The quantitative estimate of drug-likeness (QED) is 0.154. The summed E-state index contributed by atoms with van der Waals surface area (Å²) in [6.45, 7) is 4.40. The van der Waals surface area contributed by atoms with Crippen molar-refractivity contribution in [3.8, 4) is 5.75 Å². The van der Waals surface area contributed by atoms with Gasteiger partial charge in [0.2, 0.25) is 17.7 Å². The van der Waals surface area contributed by atoms with Gasteiger partial charge in [0, 0.05) is 6.42 Å². The van der Waals surface area contributed by atoms with E-state index in [4.69, 9.17) is 10.8 Å². The van der Waals surface area contributed by atoms with Crippen LogP contribution in [0.4, 0.5) is 0 Å². The second kappa shape index (κ2) is 13.2. The molecule has 194 valence electrons. The van der Waals surface area contributed by atoms with Crippen LogP contribution in [0.5, 0.6) is 5.75 Å². The summed E-state index contributed by atoms with van der Waals surface area (Å²) >= 11 is 0. The summed E-state index contributed by atoms with van der Waals surface area (Å²) in [7, 11) is 0. The Balaban J connectivity index is 2.94. The summed E-state index contributed by atoms with van der Waals surface area (Å²) in [6.07, 6.45) is -2.21. The fraction of sp³-hybridized carbons (Fsp3) is 0.500. The van der Waals surface area contributed by atoms with Crippen LogP contribution in [0.2, 0.25) is 0 Å². The molecule has 9 N–H and O–H groups in total. The zero-order valence-electron chi connectivity index (χ0n) is 19.6. The van der Waals surface area contributed by atoms with Gasteiger partial charge in [-0.15, -0.1) is 0 Å². The van der Waals surface area contributed by atoms with Crippen LogP contribution in [0.25, 0.3) is 0 Å². The van der Waals surface area contributed by atoms with Gasteiger partial charge in [0.15, 0.2) is 0 Å². The number of hydrogen-bond donors (Lipinski definition) is 8. The van der Waals surface area contributed by atoms with Gasteiger partial charge in [0.1, 0.15) is 23.9 Å². The summed E-state index contributed by atoms with van der Waals surface area (Å²) in [5.41, 5.74) is 6.02. The molecular formula is C22H32N4O9. The molecule has 0 radical (unpaired) electrons. The number of carbonyl (C=O) groups is 5. The number of carboxylic acids is 2. The van der Waals surface area contributed by atoms with E-state index in [0.717, 1.165) is 0 Å². The molecule has 1 aromatic rings. The first kappa shape index (κ1) is 29.3. The number of amides is 3. The van der Waals surface area contributed by atoms with Crippen molar-refractivity contribution in [3.63, 3.8) is 0 Å². The minimum absolute atomic E-state index is 0.00378. The lowest BCUT2D eigenvalue weighted by molar-refractivity contribution is -0.142. The van der Waals surface area contributed by atoms with Crippen LogP contribution in [0.1, 0.15) is 32.8 Å². The molecule has 3 amide bonds. The Morgan fingerprint density at radius 3 is 1.83 bits per heavy atom. The van der Waals surface area contributed by atoms with E-state index in [9.17, 15) is 39.3 Å². The Morgan fingerprint density at radius 2 is 1.37 bits per heavy atom. The van der Waals surface area contributed by atoms with E-state index in [-0.39, 0.29) is 12.2 Å². The van der Waals surface area contributed by atoms with E-state index in [1.54, 1.807) is 13.8 Å². The fourth-order valence-electron chi connectivity index (χ4n) is 3.05. The standard InChI is InChI=1S/C22H32N4O9/c1-10(2)17(20(32)24-15(22(34)35)8-12-4-6-13(28)7-5-12)25-21(33)18(11(3)27)26-19(31)14(23)9-16(29)30/h4-7,10-11,14-15,17-18,27-28H,8-9,23H2,1-3H3,(H,24,32)(H,25,33)(H,26,31)(H,29,30)(H,34,35). The number of benzene rings is 1. The van der Waals surface area contributed by atoms with Gasteiger partial charge in [-0.25, -0.2) is 4.79 Å². The van der Waals surface area contributed by atoms with Crippen LogP contribution in [0.15, 0.2) is 24.3 Å². The summed E-state index contributed by atoms with van der Waals surface area (Å²) < 4.78 is 0. The minimum atomic E-state index is -1.55. The van der Waals surface area contributed by atoms with Crippen molar-refractivity contribution in [3.05, 3.63) is 29.8 Å². The maximum absolute atomic E-state index is 12.9. The maximum Gasteiger partial charge on any atom is 0.326 e. The number of nitrogens with two attached hydrogens (primary N) is 1. The number of nitrogens with one attached hydrogen (secondary N) is 3. The lowest BCUT2D eigenvalue weighted by Crippen LogP contribution is -2.61. The SMILES string of the molecule is CC(C)C(NC(=O)C(NC(=O)C(N)CC(=O)O)C(C)O)C(=O)NC(Cc1ccc(O)cc1)C(=O)O. The van der Waals surface area contributed by atoms with Gasteiger partial charge in [0.25, 0.3) is 0 Å². The first-order chi connectivity index (χ1) is 16.2. The molecule has 0 saturated carbocycles. The van der Waals surface area contributed by atoms with Crippen molar-refractivity contribution >= 4 is 29.7 Å². The highest BCUT2D eigenvalue weighted by atomic mass is 16.4. The minimum Gasteiger partial charge on any atom is -0.508 e. The number of phenolic OH excluding ortho intramolecular Hbond substituents is 1. The third-order valence-corrected chi connectivity index (χ3v) is 5.03. The molecule has 0 bridgehead atoms. The van der Waals surface area contributed by atoms with Gasteiger partial charge in [-0.3, -0.25) is 19.2 Å². The highest BCUT2D eigenvalue weighted by Gasteiger charge is 2.34. The molecule has 0 spiro atoms. The van der Waals surface area contributed by atoms with Crippen LogP contribution >= 0.6 is 0 Å². The molecule has 0 aliphatic carbocycles. The molecule has 0 heterocycles. The Labute approximate surface area is 201 Å². The molecule has 0 saturated heterocycles. The Kier molecular flexibility index (Phi) is 11.1. The van der Waals surface area contributed by atoms with Crippen molar-refractivity contribution in [2.75, 3.05) is 0 Å². The molecular weight excluding hydrogens is 464 g/mol. The first-order valence-corrected chi connectivity index (χ1v) is 10.8. The molecule has 0 aliphatic rings. The van der Waals surface area contributed by atoms with Crippen molar-refractivity contribution in [1.82, 2.24) is 16.0 Å². The topological polar surface area (TPSA) is 228 Å². The number of phenols is 1. The average molecular weight is 497 g/mol. The number of aromatic hydroxyl groups is 1. The van der Waals surface area contributed by atoms with Gasteiger partial charge in [0.05, 0.1) is 18.6 Å². The number of hydrogen-bond acceptors (Lipinski definition) is 8. The number of carboxylic acid groups (broad SMARTS) is 2. The Bertz CT molecular complexity index is 918. The summed E-state index contributed by atoms with van der Waals surface area (Å²) in [5, 5.41) is 44.5. The molecule has 1 rings (SSSR count). The normalized spacial score (nSPS) is 15.3. The van der Waals surface area contributed by atoms with E-state index in [1.165, 1.54) is 31.2 Å². The smallest absolute Gasteiger partial charge is 0.326 e. The summed E-state index contributed by atoms with van der Waals surface area (Å²) in [4.78, 5) is 60.2. The Morgan fingerprint density at radius 1 is 0.857 bits per heavy atom. The van der Waals surface area contributed by atoms with Gasteiger partial charge in [-0.05, 0) is 30.5 Å². The van der Waals surface area contributed by atoms with Gasteiger partial charge >= 0.3 is 11.9 Å². The van der Waals surface area contributed by atoms with Crippen molar-refractivity contribution in [1.29, 1.82) is 0 Å². The number of carbonyl (C=O) groups excluding carboxylic acids is 3. The van der Waals surface area contributed by atoms with Crippen LogP contribution in [-0.4, -0.2) is 80.4 Å². The number of aliphatic carboxylic acids is 2. The predicted molar refractivity (Wildman–Crippen MR) is 122 cm³/mol. The maximum atomic E-state index is 12.9. The van der Waals surface area contributed by atoms with Crippen LogP contribution in [-0.2, 0) is 30.4 Å². The third kappa shape index (κ3) is 9.59. The summed E-state index contributed by atoms with van der Waals surface area (Å²) in [6, 6.07) is 0.168.